The fraction of sp³-hybridized carbons (Fsp3) is 0.900. The number of nitrogens with two attached hydrogens (primary N) is 1. The van der Waals surface area contributed by atoms with Gasteiger partial charge in [0, 0.05) is 18.8 Å². The van der Waals surface area contributed by atoms with E-state index < -0.39 is 0 Å². The van der Waals surface area contributed by atoms with Crippen molar-refractivity contribution in [2.45, 2.75) is 51.1 Å². The third kappa shape index (κ3) is 1.17. The smallest absolute Gasteiger partial charge is 0.136 e. The highest BCUT2D eigenvalue weighted by Crippen LogP contribution is 2.37. The molecule has 3 rings (SSSR count). The third-order valence-corrected chi connectivity index (χ3v) is 3.97. The molecule has 2 aliphatic heterocycles. The summed E-state index contributed by atoms with van der Waals surface area (Å²) in [7, 11) is 0. The largest absolute Gasteiger partial charge is 0.411 e. The van der Waals surface area contributed by atoms with Crippen molar-refractivity contribution in [3.63, 3.8) is 0 Å². The number of oxime groups is 1. The van der Waals surface area contributed by atoms with Crippen molar-refractivity contribution in [1.82, 2.24) is 0 Å². The number of fused-ring (bicyclic) bond motifs is 3. The lowest BCUT2D eigenvalue weighted by Crippen LogP contribution is -3.10. The molecule has 0 amide bonds. The monoisotopic (exact) mass is 183 g/mol. The van der Waals surface area contributed by atoms with Crippen molar-refractivity contribution in [1.29, 1.82) is 0 Å². The van der Waals surface area contributed by atoms with Gasteiger partial charge < -0.3 is 10.5 Å². The van der Waals surface area contributed by atoms with Crippen molar-refractivity contribution in [2.24, 2.45) is 11.1 Å². The number of nitrogens with zero attached hydrogens (tertiary/aromatic N) is 1. The molecule has 0 aromatic carbocycles. The molecule has 13 heavy (non-hydrogen) atoms. The maximum absolute atomic E-state index is 8.92. The predicted octanol–water partition coefficient (Wildman–Crippen LogP) is 0.731. The fourth-order valence-corrected chi connectivity index (χ4v) is 3.07. The molecular weight excluding hydrogens is 164 g/mol. The van der Waals surface area contributed by atoms with Crippen LogP contribution in [0.5, 0.6) is 0 Å². The Labute approximate surface area is 79.2 Å². The van der Waals surface area contributed by atoms with E-state index >= 15 is 0 Å². The van der Waals surface area contributed by atoms with Crippen LogP contribution in [0.25, 0.3) is 0 Å². The summed E-state index contributed by atoms with van der Waals surface area (Å²) in [5.74, 6) is 0.681. The lowest BCUT2D eigenvalue weighted by molar-refractivity contribution is -0.787. The lowest BCUT2D eigenvalue weighted by atomic mass is 9.63. The van der Waals surface area contributed by atoms with E-state index in [-0.39, 0.29) is 5.54 Å². The molecule has 74 valence electrons. The minimum atomic E-state index is 0.0625. The van der Waals surface area contributed by atoms with Crippen LogP contribution in [-0.2, 0) is 0 Å². The first kappa shape index (κ1) is 9.00. The second kappa shape index (κ2) is 2.47. The van der Waals surface area contributed by atoms with Gasteiger partial charge in [-0.2, -0.15) is 0 Å². The van der Waals surface area contributed by atoms with Gasteiger partial charge in [0.15, 0.2) is 0 Å². The van der Waals surface area contributed by atoms with E-state index in [0.29, 0.717) is 11.5 Å². The van der Waals surface area contributed by atoms with E-state index in [0.717, 1.165) is 18.6 Å². The van der Waals surface area contributed by atoms with Crippen LogP contribution in [0.4, 0.5) is 0 Å². The van der Waals surface area contributed by atoms with Crippen LogP contribution in [-0.4, -0.2) is 22.0 Å². The number of hydrogen-bond acceptors (Lipinski definition) is 2. The molecule has 2 bridgehead atoms. The Morgan fingerprint density at radius 3 is 2.62 bits per heavy atom. The fourth-order valence-electron chi connectivity index (χ4n) is 3.07. The minimum absolute atomic E-state index is 0.0625. The number of piperidine rings is 2. The van der Waals surface area contributed by atoms with Crippen molar-refractivity contribution in [2.75, 3.05) is 0 Å². The molecule has 3 nitrogen and oxygen atoms in total. The Bertz CT molecular complexity index is 260. The highest BCUT2D eigenvalue weighted by molar-refractivity contribution is 5.92. The summed E-state index contributed by atoms with van der Waals surface area (Å²) in [6.07, 6.45) is 3.41. The second-order valence-corrected chi connectivity index (χ2v) is 5.37. The van der Waals surface area contributed by atoms with Gasteiger partial charge in [-0.3, -0.25) is 0 Å². The Morgan fingerprint density at radius 1 is 1.46 bits per heavy atom. The molecule has 0 unspecified atom stereocenters. The van der Waals surface area contributed by atoms with E-state index in [4.69, 9.17) is 5.21 Å². The number of hydrogen-bond donors (Lipinski definition) is 2. The Balaban J connectivity index is 2.34. The van der Waals surface area contributed by atoms with Gasteiger partial charge in [0.25, 0.3) is 0 Å². The van der Waals surface area contributed by atoms with Crippen molar-refractivity contribution >= 4 is 5.71 Å². The Hall–Kier alpha value is -0.570. The quantitative estimate of drug-likeness (QED) is 0.422. The SMILES string of the molecule is CC1(C)[NH2+][C@@]2(C)CC[C@@H]1C/C2=N/O. The summed E-state index contributed by atoms with van der Waals surface area (Å²) >= 11 is 0. The summed E-state index contributed by atoms with van der Waals surface area (Å²) < 4.78 is 0. The zero-order valence-corrected chi connectivity index (χ0v) is 8.67. The van der Waals surface area contributed by atoms with Crippen LogP contribution in [0.1, 0.15) is 40.0 Å². The van der Waals surface area contributed by atoms with Gasteiger partial charge >= 0.3 is 0 Å². The van der Waals surface area contributed by atoms with E-state index in [1.54, 1.807) is 0 Å². The standard InChI is InChI=1S/C10H18N2O/c1-9(2)7-4-5-10(3,12-9)8(6-7)11-13/h7,12-13H,4-6H2,1-3H3/p+1/b11-8-/t7-,10+/m1/s1. The molecule has 1 saturated carbocycles. The summed E-state index contributed by atoms with van der Waals surface area (Å²) in [5.41, 5.74) is 1.37. The van der Waals surface area contributed by atoms with Crippen LogP contribution in [0.2, 0.25) is 0 Å². The molecule has 2 saturated heterocycles. The van der Waals surface area contributed by atoms with Gasteiger partial charge in [-0.15, -0.1) is 0 Å². The van der Waals surface area contributed by atoms with Crippen molar-refractivity contribution < 1.29 is 10.5 Å². The Morgan fingerprint density at radius 2 is 2.15 bits per heavy atom. The highest BCUT2D eigenvalue weighted by Gasteiger charge is 2.54. The van der Waals surface area contributed by atoms with Crippen LogP contribution < -0.4 is 5.32 Å². The molecular formula is C10H19N2O+. The zero-order valence-electron chi connectivity index (χ0n) is 8.67. The first-order valence-electron chi connectivity index (χ1n) is 5.06. The highest BCUT2D eigenvalue weighted by atomic mass is 16.4. The lowest BCUT2D eigenvalue weighted by Gasteiger charge is -2.51. The molecule has 0 radical (unpaired) electrons. The van der Waals surface area contributed by atoms with E-state index in [1.807, 2.05) is 0 Å². The van der Waals surface area contributed by atoms with Crippen molar-refractivity contribution in [3.8, 4) is 0 Å². The van der Waals surface area contributed by atoms with Gasteiger partial charge in [-0.25, -0.2) is 0 Å². The van der Waals surface area contributed by atoms with E-state index in [1.165, 1.54) is 6.42 Å². The maximum Gasteiger partial charge on any atom is 0.136 e. The molecule has 2 heterocycles. The van der Waals surface area contributed by atoms with Gasteiger partial charge in [-0.1, -0.05) is 5.16 Å². The first-order valence-corrected chi connectivity index (χ1v) is 5.06. The topological polar surface area (TPSA) is 49.2 Å². The molecule has 0 aromatic rings. The summed E-state index contributed by atoms with van der Waals surface area (Å²) in [5, 5.41) is 14.8. The van der Waals surface area contributed by atoms with Crippen LogP contribution in [0.15, 0.2) is 5.16 Å². The molecule has 3 N–H and O–H groups in total. The number of quaternary nitrogens is 1. The predicted molar refractivity (Wildman–Crippen MR) is 51.0 cm³/mol. The van der Waals surface area contributed by atoms with Gasteiger partial charge in [-0.05, 0) is 27.2 Å². The van der Waals surface area contributed by atoms with E-state index in [9.17, 15) is 0 Å². The summed E-state index contributed by atoms with van der Waals surface area (Å²) in [6.45, 7) is 6.78. The molecule has 0 spiro atoms. The third-order valence-electron chi connectivity index (χ3n) is 3.97. The molecule has 1 aliphatic carbocycles. The van der Waals surface area contributed by atoms with Crippen LogP contribution in [0, 0.1) is 5.92 Å². The van der Waals surface area contributed by atoms with Gasteiger partial charge in [0.05, 0.1) is 5.54 Å². The number of rotatable bonds is 0. The molecule has 3 fully saturated rings. The molecule has 2 atom stereocenters. The average molecular weight is 183 g/mol. The zero-order chi connectivity index (χ0) is 9.69. The molecule has 3 aliphatic rings. The normalized spacial score (nSPS) is 45.5. The van der Waals surface area contributed by atoms with Gasteiger partial charge in [0.2, 0.25) is 0 Å². The van der Waals surface area contributed by atoms with Crippen LogP contribution >= 0.6 is 0 Å². The summed E-state index contributed by atoms with van der Waals surface area (Å²) in [6, 6.07) is 0. The minimum Gasteiger partial charge on any atom is -0.411 e. The summed E-state index contributed by atoms with van der Waals surface area (Å²) in [4.78, 5) is 0. The Kier molecular flexibility index (Phi) is 1.71. The molecule has 3 heteroatoms. The van der Waals surface area contributed by atoms with Crippen molar-refractivity contribution in [3.05, 3.63) is 0 Å². The van der Waals surface area contributed by atoms with E-state index in [2.05, 4.69) is 31.2 Å². The molecule has 0 aromatic heterocycles. The average Bonchev–Trinajstić information content (AvgIpc) is 2.01. The van der Waals surface area contributed by atoms with Crippen LogP contribution in [0.3, 0.4) is 0 Å². The van der Waals surface area contributed by atoms with Gasteiger partial charge in [0.1, 0.15) is 11.3 Å². The first-order chi connectivity index (χ1) is 5.98. The second-order valence-electron chi connectivity index (χ2n) is 5.37. The maximum atomic E-state index is 8.92.